The molecule has 5 rings (SSSR count). The SMILES string of the molecule is Cc1[nH]c2c(C(=O)N3CC[C@@H](Oc4ccc5c(c4)CCC(=O)N5)[C@H](O)C3)cccc2c1C. The van der Waals surface area contributed by atoms with Gasteiger partial charge in [-0.3, -0.25) is 9.59 Å². The second kappa shape index (κ2) is 7.98. The van der Waals surface area contributed by atoms with Crippen molar-refractivity contribution in [2.75, 3.05) is 18.4 Å². The number of aliphatic hydroxyl groups is 1. The molecule has 1 fully saturated rings. The maximum atomic E-state index is 13.3. The van der Waals surface area contributed by atoms with Crippen molar-refractivity contribution in [2.45, 2.75) is 45.3 Å². The van der Waals surface area contributed by atoms with Gasteiger partial charge in [0.15, 0.2) is 0 Å². The lowest BCUT2D eigenvalue weighted by atomic mass is 10.0. The number of likely N-dealkylation sites (tertiary alicyclic amines) is 1. The van der Waals surface area contributed by atoms with Crippen LogP contribution in [0.2, 0.25) is 0 Å². The Morgan fingerprint density at radius 1 is 1.19 bits per heavy atom. The fraction of sp³-hybridized carbons (Fsp3) is 0.360. The Labute approximate surface area is 186 Å². The molecule has 0 spiro atoms. The van der Waals surface area contributed by atoms with Gasteiger partial charge in [0, 0.05) is 36.2 Å². The number of hydrogen-bond donors (Lipinski definition) is 3. The minimum atomic E-state index is -0.783. The topological polar surface area (TPSA) is 94.7 Å². The summed E-state index contributed by atoms with van der Waals surface area (Å²) in [6.45, 7) is 4.78. The van der Waals surface area contributed by atoms with E-state index in [1.807, 2.05) is 50.2 Å². The van der Waals surface area contributed by atoms with Crippen molar-refractivity contribution in [2.24, 2.45) is 0 Å². The molecule has 7 nitrogen and oxygen atoms in total. The average Bonchev–Trinajstić information content (AvgIpc) is 3.08. The monoisotopic (exact) mass is 433 g/mol. The number of carbonyl (C=O) groups is 2. The van der Waals surface area contributed by atoms with E-state index >= 15 is 0 Å². The lowest BCUT2D eigenvalue weighted by Gasteiger charge is -2.36. The average molecular weight is 434 g/mol. The third-order valence-corrected chi connectivity index (χ3v) is 6.64. The standard InChI is InChI=1S/C25H27N3O4/c1-14-15(2)26-24-18(14)4-3-5-19(24)25(31)28-11-10-22(21(29)13-28)32-17-7-8-20-16(12-17)6-9-23(30)27-20/h3-5,7-8,12,21-22,26,29H,6,9-11,13H2,1-2H3,(H,27,30)/t21-,22-/m1/s1. The number of aromatic nitrogens is 1. The number of nitrogens with zero attached hydrogens (tertiary/aromatic N) is 1. The summed E-state index contributed by atoms with van der Waals surface area (Å²) in [4.78, 5) is 29.8. The summed E-state index contributed by atoms with van der Waals surface area (Å²) in [6.07, 6.45) is 0.513. The molecule has 0 radical (unpaired) electrons. The van der Waals surface area contributed by atoms with Gasteiger partial charge in [-0.2, -0.15) is 0 Å². The fourth-order valence-electron chi connectivity index (χ4n) is 4.67. The smallest absolute Gasteiger partial charge is 0.256 e. The van der Waals surface area contributed by atoms with Crippen LogP contribution in [0.1, 0.15) is 40.0 Å². The number of amides is 2. The number of aryl methyl sites for hydroxylation is 3. The summed E-state index contributed by atoms with van der Waals surface area (Å²) in [5.74, 6) is 0.615. The quantitative estimate of drug-likeness (QED) is 0.591. The van der Waals surface area contributed by atoms with Crippen molar-refractivity contribution in [1.82, 2.24) is 9.88 Å². The summed E-state index contributed by atoms with van der Waals surface area (Å²) >= 11 is 0. The molecular formula is C25H27N3O4. The van der Waals surface area contributed by atoms with Crippen LogP contribution in [0.15, 0.2) is 36.4 Å². The maximum absolute atomic E-state index is 13.3. The number of β-amino-alcohol motifs (C(OH)–C–C–N with tert-alkyl or cyclic N) is 1. The van der Waals surface area contributed by atoms with E-state index in [2.05, 4.69) is 10.3 Å². The van der Waals surface area contributed by atoms with Crippen LogP contribution in [-0.2, 0) is 11.2 Å². The second-order valence-corrected chi connectivity index (χ2v) is 8.73. The van der Waals surface area contributed by atoms with E-state index in [1.54, 1.807) is 4.90 Å². The molecule has 7 heteroatoms. The first-order chi connectivity index (χ1) is 15.4. The summed E-state index contributed by atoms with van der Waals surface area (Å²) in [7, 11) is 0. The molecule has 3 N–H and O–H groups in total. The van der Waals surface area contributed by atoms with Crippen LogP contribution >= 0.6 is 0 Å². The number of rotatable bonds is 3. The number of para-hydroxylation sites is 1. The Balaban J connectivity index is 1.28. The van der Waals surface area contributed by atoms with Crippen LogP contribution in [0.25, 0.3) is 10.9 Å². The first-order valence-corrected chi connectivity index (χ1v) is 11.1. The van der Waals surface area contributed by atoms with Crippen molar-refractivity contribution in [3.63, 3.8) is 0 Å². The van der Waals surface area contributed by atoms with E-state index in [1.165, 1.54) is 0 Å². The summed E-state index contributed by atoms with van der Waals surface area (Å²) in [5, 5.41) is 14.7. The zero-order chi connectivity index (χ0) is 22.4. The third-order valence-electron chi connectivity index (χ3n) is 6.64. The molecule has 3 aromatic rings. The minimum absolute atomic E-state index is 0.0268. The van der Waals surface area contributed by atoms with Crippen LogP contribution in [0.3, 0.4) is 0 Å². The Bertz CT molecular complexity index is 1220. The van der Waals surface area contributed by atoms with Crippen molar-refractivity contribution >= 4 is 28.4 Å². The Morgan fingerprint density at radius 3 is 2.84 bits per heavy atom. The normalized spacial score (nSPS) is 20.7. The highest BCUT2D eigenvalue weighted by atomic mass is 16.5. The largest absolute Gasteiger partial charge is 0.488 e. The predicted molar refractivity (Wildman–Crippen MR) is 122 cm³/mol. The zero-order valence-corrected chi connectivity index (χ0v) is 18.3. The van der Waals surface area contributed by atoms with Gasteiger partial charge < -0.3 is 25.0 Å². The van der Waals surface area contributed by atoms with Gasteiger partial charge in [0.05, 0.1) is 17.6 Å². The van der Waals surface area contributed by atoms with Crippen molar-refractivity contribution in [3.8, 4) is 5.75 Å². The van der Waals surface area contributed by atoms with E-state index in [9.17, 15) is 14.7 Å². The van der Waals surface area contributed by atoms with E-state index in [4.69, 9.17) is 4.74 Å². The lowest BCUT2D eigenvalue weighted by Crippen LogP contribution is -2.51. The van der Waals surface area contributed by atoms with Crippen LogP contribution in [-0.4, -0.2) is 52.1 Å². The molecule has 0 unspecified atom stereocenters. The predicted octanol–water partition coefficient (Wildman–Crippen LogP) is 3.32. The van der Waals surface area contributed by atoms with E-state index in [-0.39, 0.29) is 24.5 Å². The number of ether oxygens (including phenoxy) is 1. The van der Waals surface area contributed by atoms with Gasteiger partial charge in [0.2, 0.25) is 5.91 Å². The maximum Gasteiger partial charge on any atom is 0.256 e. The molecule has 32 heavy (non-hydrogen) atoms. The highest BCUT2D eigenvalue weighted by molar-refractivity contribution is 6.06. The van der Waals surface area contributed by atoms with Crippen molar-refractivity contribution < 1.29 is 19.4 Å². The number of piperidine rings is 1. The summed E-state index contributed by atoms with van der Waals surface area (Å²) in [5.41, 5.74) is 5.53. The number of carbonyl (C=O) groups excluding carboxylic acids is 2. The van der Waals surface area contributed by atoms with Crippen LogP contribution in [0, 0.1) is 13.8 Å². The van der Waals surface area contributed by atoms with E-state index < -0.39 is 6.10 Å². The number of H-pyrrole nitrogens is 1. The van der Waals surface area contributed by atoms with Gasteiger partial charge in [-0.25, -0.2) is 0 Å². The number of hydrogen-bond acceptors (Lipinski definition) is 4. The molecule has 2 aliphatic heterocycles. The van der Waals surface area contributed by atoms with Gasteiger partial charge in [0.25, 0.3) is 5.91 Å². The first-order valence-electron chi connectivity index (χ1n) is 11.1. The molecule has 1 saturated heterocycles. The number of anilines is 1. The number of fused-ring (bicyclic) bond motifs is 2. The van der Waals surface area contributed by atoms with E-state index in [0.29, 0.717) is 37.1 Å². The first kappa shape index (κ1) is 20.6. The highest BCUT2D eigenvalue weighted by Crippen LogP contribution is 2.30. The van der Waals surface area contributed by atoms with Gasteiger partial charge in [-0.05, 0) is 55.7 Å². The Hall–Kier alpha value is -3.32. The molecule has 0 aliphatic carbocycles. The summed E-state index contributed by atoms with van der Waals surface area (Å²) < 4.78 is 6.08. The molecule has 2 atom stereocenters. The molecular weight excluding hydrogens is 406 g/mol. The van der Waals surface area contributed by atoms with Gasteiger partial charge in [-0.15, -0.1) is 0 Å². The molecule has 3 heterocycles. The Morgan fingerprint density at radius 2 is 2.03 bits per heavy atom. The van der Waals surface area contributed by atoms with Gasteiger partial charge >= 0.3 is 0 Å². The molecule has 2 amide bonds. The second-order valence-electron chi connectivity index (χ2n) is 8.73. The molecule has 0 saturated carbocycles. The number of aliphatic hydroxyl groups excluding tert-OH is 1. The van der Waals surface area contributed by atoms with Crippen molar-refractivity contribution in [1.29, 1.82) is 0 Å². The number of aromatic amines is 1. The number of benzene rings is 2. The minimum Gasteiger partial charge on any atom is -0.488 e. The molecule has 2 aromatic carbocycles. The van der Waals surface area contributed by atoms with Crippen LogP contribution < -0.4 is 10.1 Å². The molecule has 166 valence electrons. The van der Waals surface area contributed by atoms with Crippen molar-refractivity contribution in [3.05, 3.63) is 58.8 Å². The third kappa shape index (κ3) is 3.62. The van der Waals surface area contributed by atoms with Gasteiger partial charge in [0.1, 0.15) is 18.0 Å². The lowest BCUT2D eigenvalue weighted by molar-refractivity contribution is -0.116. The molecule has 1 aromatic heterocycles. The van der Waals surface area contributed by atoms with Gasteiger partial charge in [-0.1, -0.05) is 12.1 Å². The highest BCUT2D eigenvalue weighted by Gasteiger charge is 2.33. The fourth-order valence-corrected chi connectivity index (χ4v) is 4.67. The molecule has 2 aliphatic rings. The Kier molecular flexibility index (Phi) is 5.13. The summed E-state index contributed by atoms with van der Waals surface area (Å²) in [6, 6.07) is 11.3. The zero-order valence-electron chi connectivity index (χ0n) is 18.3. The van der Waals surface area contributed by atoms with Crippen LogP contribution in [0.4, 0.5) is 5.69 Å². The molecule has 0 bridgehead atoms. The van der Waals surface area contributed by atoms with E-state index in [0.717, 1.165) is 33.4 Å². The van der Waals surface area contributed by atoms with Crippen LogP contribution in [0.5, 0.6) is 5.75 Å². The number of nitrogens with one attached hydrogen (secondary N) is 2.